The maximum Gasteiger partial charge on any atom is 0.173 e. The summed E-state index contributed by atoms with van der Waals surface area (Å²) in [6.07, 6.45) is 3.78. The van der Waals surface area contributed by atoms with Crippen molar-refractivity contribution in [3.05, 3.63) is 45.6 Å². The van der Waals surface area contributed by atoms with E-state index in [0.29, 0.717) is 12.2 Å². The molecule has 1 aliphatic rings. The van der Waals surface area contributed by atoms with Gasteiger partial charge in [0.05, 0.1) is 17.1 Å². The van der Waals surface area contributed by atoms with E-state index in [0.717, 1.165) is 31.2 Å². The summed E-state index contributed by atoms with van der Waals surface area (Å²) in [5.41, 5.74) is 0.653. The lowest BCUT2D eigenvalue weighted by molar-refractivity contribution is 0.215. The Labute approximate surface area is 120 Å². The highest BCUT2D eigenvalue weighted by Crippen LogP contribution is 2.33. The van der Waals surface area contributed by atoms with E-state index in [9.17, 15) is 8.78 Å². The summed E-state index contributed by atoms with van der Waals surface area (Å²) in [5.74, 6) is -0.939. The van der Waals surface area contributed by atoms with Gasteiger partial charge in [-0.3, -0.25) is 0 Å². The number of ether oxygens (including phenoxy) is 1. The van der Waals surface area contributed by atoms with Gasteiger partial charge in [-0.2, -0.15) is 0 Å². The molecule has 0 saturated heterocycles. The van der Waals surface area contributed by atoms with Crippen LogP contribution in [0.5, 0.6) is 0 Å². The second kappa shape index (κ2) is 6.48. The molecule has 1 aromatic carbocycles. The molecule has 0 amide bonds. The van der Waals surface area contributed by atoms with Gasteiger partial charge >= 0.3 is 0 Å². The fourth-order valence-corrected chi connectivity index (χ4v) is 2.60. The molecule has 1 N–H and O–H groups in total. The Morgan fingerprint density at radius 3 is 2.84 bits per heavy atom. The molecular weight excluding hydrogens is 316 g/mol. The minimum Gasteiger partial charge on any atom is -0.496 e. The van der Waals surface area contributed by atoms with E-state index in [-0.39, 0.29) is 10.5 Å². The van der Waals surface area contributed by atoms with Gasteiger partial charge in [0, 0.05) is 6.42 Å². The molecule has 1 atom stereocenters. The first kappa shape index (κ1) is 14.5. The summed E-state index contributed by atoms with van der Waals surface area (Å²) in [5, 5.41) is 3.30. The number of halogens is 3. The fourth-order valence-electron chi connectivity index (χ4n) is 2.05. The predicted molar refractivity (Wildman–Crippen MR) is 73.7 cm³/mol. The fraction of sp³-hybridized carbons (Fsp3) is 0.429. The maximum atomic E-state index is 13.7. The van der Waals surface area contributed by atoms with E-state index in [2.05, 4.69) is 21.2 Å². The molecule has 1 aromatic rings. The third-order valence-corrected chi connectivity index (χ3v) is 3.80. The number of hydrogen-bond acceptors (Lipinski definition) is 2. The number of hydrogen-bond donors (Lipinski definition) is 1. The molecule has 0 saturated carbocycles. The smallest absolute Gasteiger partial charge is 0.173 e. The number of rotatable bonds is 5. The van der Waals surface area contributed by atoms with Crippen LogP contribution in [0, 0.1) is 11.6 Å². The standard InChI is InChI=1S/C14H16BrF2NO/c1-2-7-18-14(11-4-3-8-19-11)9-5-6-10(16)13(17)12(9)15/h4-6,14,18H,2-3,7-8H2,1H3. The third kappa shape index (κ3) is 3.15. The molecule has 0 spiro atoms. The van der Waals surface area contributed by atoms with Crippen molar-refractivity contribution in [1.82, 2.24) is 5.32 Å². The second-order valence-electron chi connectivity index (χ2n) is 4.40. The quantitative estimate of drug-likeness (QED) is 0.821. The van der Waals surface area contributed by atoms with Crippen LogP contribution < -0.4 is 5.32 Å². The van der Waals surface area contributed by atoms with Gasteiger partial charge in [0.2, 0.25) is 0 Å². The van der Waals surface area contributed by atoms with Crippen LogP contribution in [0.4, 0.5) is 8.78 Å². The van der Waals surface area contributed by atoms with Crippen LogP contribution in [-0.2, 0) is 4.74 Å². The van der Waals surface area contributed by atoms with Gasteiger partial charge in [0.15, 0.2) is 11.6 Å². The highest BCUT2D eigenvalue weighted by molar-refractivity contribution is 9.10. The lowest BCUT2D eigenvalue weighted by Gasteiger charge is -2.21. The monoisotopic (exact) mass is 331 g/mol. The molecule has 0 aromatic heterocycles. The first-order valence-electron chi connectivity index (χ1n) is 6.34. The van der Waals surface area contributed by atoms with Crippen molar-refractivity contribution in [2.24, 2.45) is 0 Å². The molecular formula is C14H16BrF2NO. The van der Waals surface area contributed by atoms with Crippen molar-refractivity contribution < 1.29 is 13.5 Å². The summed E-state index contributed by atoms with van der Waals surface area (Å²) in [4.78, 5) is 0. The van der Waals surface area contributed by atoms with Crippen molar-refractivity contribution in [3.8, 4) is 0 Å². The summed E-state index contributed by atoms with van der Waals surface area (Å²) in [6.45, 7) is 3.46. The van der Waals surface area contributed by atoms with Gasteiger partial charge in [0.1, 0.15) is 5.76 Å². The first-order valence-corrected chi connectivity index (χ1v) is 7.14. The number of benzene rings is 1. The van der Waals surface area contributed by atoms with Crippen LogP contribution in [0.15, 0.2) is 28.4 Å². The van der Waals surface area contributed by atoms with Crippen molar-refractivity contribution in [1.29, 1.82) is 0 Å². The third-order valence-electron chi connectivity index (χ3n) is 2.99. The van der Waals surface area contributed by atoms with Gasteiger partial charge in [-0.25, -0.2) is 8.78 Å². The van der Waals surface area contributed by atoms with Gasteiger partial charge in [-0.15, -0.1) is 0 Å². The molecule has 2 rings (SSSR count). The Bertz CT molecular complexity index is 491. The highest BCUT2D eigenvalue weighted by atomic mass is 79.9. The van der Waals surface area contributed by atoms with E-state index in [1.54, 1.807) is 6.07 Å². The summed E-state index contributed by atoms with van der Waals surface area (Å²) in [6, 6.07) is 2.48. The Balaban J connectivity index is 2.34. The Morgan fingerprint density at radius 1 is 1.42 bits per heavy atom. The Kier molecular flexibility index (Phi) is 4.93. The molecule has 2 nitrogen and oxygen atoms in total. The van der Waals surface area contributed by atoms with E-state index >= 15 is 0 Å². The van der Waals surface area contributed by atoms with Gasteiger partial charge in [-0.1, -0.05) is 13.0 Å². The average Bonchev–Trinajstić information content (AvgIpc) is 2.92. The lowest BCUT2D eigenvalue weighted by Crippen LogP contribution is -2.25. The van der Waals surface area contributed by atoms with Crippen LogP contribution in [0.2, 0.25) is 0 Å². The predicted octanol–water partition coefficient (Wildman–Crippen LogP) is 4.07. The van der Waals surface area contributed by atoms with E-state index in [1.807, 2.05) is 13.0 Å². The minimum atomic E-state index is -0.862. The molecule has 0 bridgehead atoms. The van der Waals surface area contributed by atoms with Gasteiger partial charge < -0.3 is 10.1 Å². The highest BCUT2D eigenvalue weighted by Gasteiger charge is 2.24. The number of nitrogens with one attached hydrogen (secondary N) is 1. The zero-order chi connectivity index (χ0) is 13.8. The van der Waals surface area contributed by atoms with Crippen molar-refractivity contribution in [3.63, 3.8) is 0 Å². The molecule has 19 heavy (non-hydrogen) atoms. The van der Waals surface area contributed by atoms with Crippen LogP contribution >= 0.6 is 15.9 Å². The Morgan fingerprint density at radius 2 is 2.21 bits per heavy atom. The van der Waals surface area contributed by atoms with Gasteiger partial charge in [-0.05, 0) is 46.6 Å². The molecule has 1 aliphatic heterocycles. The largest absolute Gasteiger partial charge is 0.496 e. The normalized spacial score (nSPS) is 16.1. The zero-order valence-electron chi connectivity index (χ0n) is 10.7. The average molecular weight is 332 g/mol. The SMILES string of the molecule is CCCNC(C1=CCCO1)c1ccc(F)c(F)c1Br. The van der Waals surface area contributed by atoms with E-state index < -0.39 is 11.6 Å². The van der Waals surface area contributed by atoms with Crippen molar-refractivity contribution in [2.75, 3.05) is 13.2 Å². The molecule has 0 radical (unpaired) electrons. The molecule has 1 heterocycles. The van der Waals surface area contributed by atoms with E-state index in [4.69, 9.17) is 4.74 Å². The Hall–Kier alpha value is -0.940. The van der Waals surface area contributed by atoms with Crippen molar-refractivity contribution >= 4 is 15.9 Å². The molecule has 0 fully saturated rings. The lowest BCUT2D eigenvalue weighted by atomic mass is 10.0. The van der Waals surface area contributed by atoms with Crippen molar-refractivity contribution in [2.45, 2.75) is 25.8 Å². The molecule has 5 heteroatoms. The van der Waals surface area contributed by atoms with Crippen LogP contribution in [0.1, 0.15) is 31.4 Å². The summed E-state index contributed by atoms with van der Waals surface area (Å²) in [7, 11) is 0. The first-order chi connectivity index (χ1) is 9.15. The topological polar surface area (TPSA) is 21.3 Å². The minimum absolute atomic E-state index is 0.150. The second-order valence-corrected chi connectivity index (χ2v) is 5.19. The molecule has 104 valence electrons. The van der Waals surface area contributed by atoms with Crippen LogP contribution in [0.3, 0.4) is 0 Å². The van der Waals surface area contributed by atoms with Crippen LogP contribution in [0.25, 0.3) is 0 Å². The summed E-state index contributed by atoms with van der Waals surface area (Å²) >= 11 is 3.13. The summed E-state index contributed by atoms with van der Waals surface area (Å²) < 4.78 is 32.5. The zero-order valence-corrected chi connectivity index (χ0v) is 12.3. The molecule has 0 aliphatic carbocycles. The van der Waals surface area contributed by atoms with Gasteiger partial charge in [0.25, 0.3) is 0 Å². The van der Waals surface area contributed by atoms with E-state index in [1.165, 1.54) is 0 Å². The molecule has 1 unspecified atom stereocenters. The maximum absolute atomic E-state index is 13.7. The van der Waals surface area contributed by atoms with Crippen LogP contribution in [-0.4, -0.2) is 13.2 Å².